The Balaban J connectivity index is 1.36. The summed E-state index contributed by atoms with van der Waals surface area (Å²) in [5, 5.41) is 0. The molecule has 2 aliphatic rings. The number of carbonyl (C=O) groups excluding carboxylic acids is 1. The Kier molecular flexibility index (Phi) is 6.26. The number of hydrogen-bond donors (Lipinski definition) is 0. The quantitative estimate of drug-likeness (QED) is 0.811. The second kappa shape index (κ2) is 8.63. The first-order valence-electron chi connectivity index (χ1n) is 9.17. The number of halogens is 1. The van der Waals surface area contributed by atoms with Crippen molar-refractivity contribution in [1.29, 1.82) is 0 Å². The van der Waals surface area contributed by atoms with Crippen molar-refractivity contribution >= 4 is 5.91 Å². The molecule has 6 heteroatoms. The van der Waals surface area contributed by atoms with Gasteiger partial charge in [0.25, 0.3) is 5.91 Å². The maximum atomic E-state index is 12.9. The normalized spacial score (nSPS) is 20.6. The van der Waals surface area contributed by atoms with Crippen LogP contribution in [0.25, 0.3) is 0 Å². The van der Waals surface area contributed by atoms with E-state index in [4.69, 9.17) is 4.74 Å². The van der Waals surface area contributed by atoms with Crippen LogP contribution < -0.4 is 4.74 Å². The van der Waals surface area contributed by atoms with Crippen LogP contribution in [0.2, 0.25) is 0 Å². The molecule has 1 aromatic carbocycles. The van der Waals surface area contributed by atoms with Crippen molar-refractivity contribution in [2.75, 3.05) is 59.5 Å². The molecule has 2 saturated heterocycles. The second-order valence-corrected chi connectivity index (χ2v) is 7.17. The van der Waals surface area contributed by atoms with Gasteiger partial charge in [-0.25, -0.2) is 4.39 Å². The van der Waals surface area contributed by atoms with Crippen molar-refractivity contribution < 1.29 is 13.9 Å². The van der Waals surface area contributed by atoms with Crippen LogP contribution in [-0.4, -0.2) is 80.1 Å². The van der Waals surface area contributed by atoms with Crippen LogP contribution in [-0.2, 0) is 4.79 Å². The molecule has 3 rings (SSSR count). The summed E-state index contributed by atoms with van der Waals surface area (Å²) in [4.78, 5) is 19.1. The average molecular weight is 349 g/mol. The van der Waals surface area contributed by atoms with Crippen LogP contribution >= 0.6 is 0 Å². The number of ether oxygens (including phenoxy) is 1. The van der Waals surface area contributed by atoms with Gasteiger partial charge in [0.15, 0.2) is 6.61 Å². The van der Waals surface area contributed by atoms with Gasteiger partial charge in [0.2, 0.25) is 0 Å². The average Bonchev–Trinajstić information content (AvgIpc) is 2.63. The molecule has 0 aromatic heterocycles. The molecule has 0 N–H and O–H groups in total. The predicted octanol–water partition coefficient (Wildman–Crippen LogP) is 1.69. The fourth-order valence-corrected chi connectivity index (χ4v) is 3.53. The number of rotatable bonds is 5. The summed E-state index contributed by atoms with van der Waals surface area (Å²) in [5.74, 6) is 0.925. The topological polar surface area (TPSA) is 36.0 Å². The molecule has 2 fully saturated rings. The lowest BCUT2D eigenvalue weighted by Crippen LogP contribution is -2.48. The number of likely N-dealkylation sites (N-methyl/N-ethyl adjacent to an activating group) is 1. The van der Waals surface area contributed by atoms with Crippen LogP contribution in [0.1, 0.15) is 12.8 Å². The van der Waals surface area contributed by atoms with Crippen LogP contribution in [0.3, 0.4) is 0 Å². The lowest BCUT2D eigenvalue weighted by atomic mass is 9.96. The molecule has 25 heavy (non-hydrogen) atoms. The van der Waals surface area contributed by atoms with Crippen LogP contribution in [0.4, 0.5) is 4.39 Å². The number of benzene rings is 1. The third-order valence-corrected chi connectivity index (χ3v) is 5.26. The molecule has 0 radical (unpaired) electrons. The lowest BCUT2D eigenvalue weighted by Gasteiger charge is -2.37. The van der Waals surface area contributed by atoms with E-state index in [1.54, 1.807) is 12.1 Å². The van der Waals surface area contributed by atoms with Gasteiger partial charge < -0.3 is 19.4 Å². The van der Waals surface area contributed by atoms with Gasteiger partial charge in [-0.3, -0.25) is 4.79 Å². The van der Waals surface area contributed by atoms with E-state index >= 15 is 0 Å². The van der Waals surface area contributed by atoms with Gasteiger partial charge >= 0.3 is 0 Å². The van der Waals surface area contributed by atoms with Gasteiger partial charge in [0, 0.05) is 45.8 Å². The molecule has 1 amide bonds. The highest BCUT2D eigenvalue weighted by Crippen LogP contribution is 2.19. The summed E-state index contributed by atoms with van der Waals surface area (Å²) in [6.07, 6.45) is 2.13. The van der Waals surface area contributed by atoms with Crippen molar-refractivity contribution in [3.05, 3.63) is 30.1 Å². The molecule has 0 aliphatic carbocycles. The first-order chi connectivity index (χ1) is 12.1. The van der Waals surface area contributed by atoms with E-state index in [0.717, 1.165) is 58.7 Å². The highest BCUT2D eigenvalue weighted by atomic mass is 19.1. The minimum Gasteiger partial charge on any atom is -0.484 e. The van der Waals surface area contributed by atoms with Crippen molar-refractivity contribution in [1.82, 2.24) is 14.7 Å². The van der Waals surface area contributed by atoms with Gasteiger partial charge in [-0.05, 0) is 50.1 Å². The van der Waals surface area contributed by atoms with E-state index in [9.17, 15) is 9.18 Å². The zero-order chi connectivity index (χ0) is 17.6. The Morgan fingerprint density at radius 2 is 1.72 bits per heavy atom. The molecule has 2 aliphatic heterocycles. The van der Waals surface area contributed by atoms with E-state index in [0.29, 0.717) is 11.7 Å². The fraction of sp³-hybridized carbons (Fsp3) is 0.632. The zero-order valence-electron chi connectivity index (χ0n) is 15.0. The third-order valence-electron chi connectivity index (χ3n) is 5.26. The Morgan fingerprint density at radius 1 is 1.08 bits per heavy atom. The summed E-state index contributed by atoms with van der Waals surface area (Å²) in [6, 6.07) is 5.77. The molecule has 2 heterocycles. The molecule has 0 atom stereocenters. The SMILES string of the molecule is CN1CCN(CC2CCN(C(=O)COc3ccc(F)cc3)CC2)CC1. The Morgan fingerprint density at radius 3 is 2.36 bits per heavy atom. The van der Waals surface area contributed by atoms with Crippen LogP contribution in [0.5, 0.6) is 5.75 Å². The van der Waals surface area contributed by atoms with Gasteiger partial charge in [-0.15, -0.1) is 0 Å². The van der Waals surface area contributed by atoms with Gasteiger partial charge in [-0.1, -0.05) is 0 Å². The number of piperazine rings is 1. The van der Waals surface area contributed by atoms with Gasteiger partial charge in [0.05, 0.1) is 0 Å². The van der Waals surface area contributed by atoms with Gasteiger partial charge in [-0.2, -0.15) is 0 Å². The maximum absolute atomic E-state index is 12.9. The molecule has 138 valence electrons. The fourth-order valence-electron chi connectivity index (χ4n) is 3.53. The standard InChI is InChI=1S/C19H28FN3O2/c1-21-10-12-22(13-11-21)14-16-6-8-23(9-7-16)19(24)15-25-18-4-2-17(20)3-5-18/h2-5,16H,6-15H2,1H3. The first kappa shape index (κ1) is 18.1. The summed E-state index contributed by atoms with van der Waals surface area (Å²) in [7, 11) is 2.18. The number of nitrogens with zero attached hydrogens (tertiary/aromatic N) is 3. The zero-order valence-corrected chi connectivity index (χ0v) is 15.0. The van der Waals surface area contributed by atoms with Crippen molar-refractivity contribution in [2.24, 2.45) is 5.92 Å². The van der Waals surface area contributed by atoms with Gasteiger partial charge in [0.1, 0.15) is 11.6 Å². The molecular weight excluding hydrogens is 321 g/mol. The number of hydrogen-bond acceptors (Lipinski definition) is 4. The predicted molar refractivity (Wildman–Crippen MR) is 95.1 cm³/mol. The minimum absolute atomic E-state index is 0.0161. The monoisotopic (exact) mass is 349 g/mol. The van der Waals surface area contributed by atoms with E-state index in [1.165, 1.54) is 12.1 Å². The van der Waals surface area contributed by atoms with E-state index in [-0.39, 0.29) is 18.3 Å². The maximum Gasteiger partial charge on any atom is 0.260 e. The molecule has 5 nitrogen and oxygen atoms in total. The Bertz CT molecular complexity index is 550. The molecule has 0 spiro atoms. The number of carbonyl (C=O) groups is 1. The molecule has 0 unspecified atom stereocenters. The number of amides is 1. The second-order valence-electron chi connectivity index (χ2n) is 7.17. The minimum atomic E-state index is -0.305. The molecular formula is C19H28FN3O2. The molecule has 0 saturated carbocycles. The van der Waals surface area contributed by atoms with Crippen molar-refractivity contribution in [3.8, 4) is 5.75 Å². The van der Waals surface area contributed by atoms with E-state index < -0.39 is 0 Å². The van der Waals surface area contributed by atoms with Crippen LogP contribution in [0.15, 0.2) is 24.3 Å². The lowest BCUT2D eigenvalue weighted by molar-refractivity contribution is -0.134. The Labute approximate surface area is 149 Å². The Hall–Kier alpha value is -1.66. The third kappa shape index (κ3) is 5.41. The van der Waals surface area contributed by atoms with E-state index in [1.807, 2.05) is 4.90 Å². The van der Waals surface area contributed by atoms with Crippen LogP contribution in [0, 0.1) is 11.7 Å². The first-order valence-corrected chi connectivity index (χ1v) is 9.17. The van der Waals surface area contributed by atoms with Crippen molar-refractivity contribution in [2.45, 2.75) is 12.8 Å². The number of likely N-dealkylation sites (tertiary alicyclic amines) is 1. The smallest absolute Gasteiger partial charge is 0.260 e. The summed E-state index contributed by atoms with van der Waals surface area (Å²) < 4.78 is 18.3. The largest absolute Gasteiger partial charge is 0.484 e. The summed E-state index contributed by atoms with van der Waals surface area (Å²) in [6.45, 7) is 7.41. The summed E-state index contributed by atoms with van der Waals surface area (Å²) in [5.41, 5.74) is 0. The van der Waals surface area contributed by atoms with E-state index in [2.05, 4.69) is 16.8 Å². The molecule has 0 bridgehead atoms. The molecule has 1 aromatic rings. The summed E-state index contributed by atoms with van der Waals surface area (Å²) >= 11 is 0. The van der Waals surface area contributed by atoms with Crippen molar-refractivity contribution in [3.63, 3.8) is 0 Å². The highest BCUT2D eigenvalue weighted by molar-refractivity contribution is 5.77. The highest BCUT2D eigenvalue weighted by Gasteiger charge is 2.25. The number of piperidine rings is 1.